The van der Waals surface area contributed by atoms with Gasteiger partial charge in [-0.05, 0) is 0 Å². The van der Waals surface area contributed by atoms with Crippen LogP contribution in [0.4, 0.5) is 0 Å². The van der Waals surface area contributed by atoms with Crippen LogP contribution in [-0.4, -0.2) is 45.3 Å². The van der Waals surface area contributed by atoms with Crippen molar-refractivity contribution in [3.63, 3.8) is 0 Å². The van der Waals surface area contributed by atoms with Gasteiger partial charge in [-0.2, -0.15) is 0 Å². The van der Waals surface area contributed by atoms with Gasteiger partial charge in [-0.25, -0.2) is 4.79 Å². The zero-order chi connectivity index (χ0) is 18.1. The van der Waals surface area contributed by atoms with Crippen molar-refractivity contribution in [1.29, 1.82) is 0 Å². The molecule has 0 aliphatic carbocycles. The summed E-state index contributed by atoms with van der Waals surface area (Å²) in [6, 6.07) is 7.84. The lowest BCUT2D eigenvalue weighted by molar-refractivity contribution is -0.192. The first kappa shape index (κ1) is 19.1. The molecule has 1 aromatic rings. The van der Waals surface area contributed by atoms with E-state index in [1.807, 2.05) is 0 Å². The van der Waals surface area contributed by atoms with Gasteiger partial charge < -0.3 is 24.8 Å². The van der Waals surface area contributed by atoms with Crippen LogP contribution in [-0.2, 0) is 28.7 Å². The van der Waals surface area contributed by atoms with Crippen LogP contribution in [0.15, 0.2) is 30.3 Å². The minimum atomic E-state index is -1.95. The van der Waals surface area contributed by atoms with Crippen molar-refractivity contribution >= 4 is 23.9 Å². The Morgan fingerprint density at radius 3 is 2.04 bits per heavy atom. The molecule has 1 aromatic carbocycles. The number of carboxylic acids is 2. The zero-order valence-corrected chi connectivity index (χ0v) is 12.5. The Kier molecular flexibility index (Phi) is 7.37. The van der Waals surface area contributed by atoms with Crippen LogP contribution in [0.1, 0.15) is 31.1 Å². The van der Waals surface area contributed by atoms with Gasteiger partial charge in [-0.1, -0.05) is 30.3 Å². The van der Waals surface area contributed by atoms with Gasteiger partial charge in [0.2, 0.25) is 0 Å². The number of carbonyl (C=O) groups excluding carboxylic acids is 2. The maximum Gasteiger partial charge on any atom is 0.333 e. The fourth-order valence-corrected chi connectivity index (χ4v) is 1.57. The summed E-state index contributed by atoms with van der Waals surface area (Å²) in [6.45, 7) is 0. The fraction of sp³-hybridized carbons (Fsp3) is 0.333. The molecular weight excluding hydrogens is 324 g/mol. The summed E-state index contributed by atoms with van der Waals surface area (Å²) < 4.78 is 9.81. The average molecular weight is 340 g/mol. The molecule has 0 saturated heterocycles. The van der Waals surface area contributed by atoms with Gasteiger partial charge in [0.05, 0.1) is 19.3 Å². The molecule has 9 heteroatoms. The summed E-state index contributed by atoms with van der Waals surface area (Å²) >= 11 is 0. The number of benzene rings is 1. The summed E-state index contributed by atoms with van der Waals surface area (Å²) in [5.74, 6) is -4.78. The van der Waals surface area contributed by atoms with Gasteiger partial charge in [0.1, 0.15) is 0 Å². The van der Waals surface area contributed by atoms with Gasteiger partial charge >= 0.3 is 23.9 Å². The number of rotatable bonds is 9. The molecule has 0 radical (unpaired) electrons. The quantitative estimate of drug-likeness (QED) is 0.431. The number of aliphatic hydroxyl groups is 1. The molecule has 9 nitrogen and oxygen atoms in total. The van der Waals surface area contributed by atoms with Crippen LogP contribution in [0.5, 0.6) is 0 Å². The summed E-state index contributed by atoms with van der Waals surface area (Å²) in [5.41, 5.74) is 0.291. The summed E-state index contributed by atoms with van der Waals surface area (Å²) in [5, 5.41) is 26.2. The smallest absolute Gasteiger partial charge is 0.333 e. The first-order valence-corrected chi connectivity index (χ1v) is 6.86. The van der Waals surface area contributed by atoms with Crippen molar-refractivity contribution in [2.24, 2.45) is 0 Å². The van der Waals surface area contributed by atoms with E-state index in [-0.39, 0.29) is 0 Å². The van der Waals surface area contributed by atoms with Gasteiger partial charge in [0, 0.05) is 5.56 Å². The lowest BCUT2D eigenvalue weighted by Crippen LogP contribution is -2.26. The largest absolute Gasteiger partial charge is 0.481 e. The SMILES string of the molecule is O=C(O)CCC(=O)O[C@H](OC(=O)C[C@@H](O)C(=O)O)c1ccccc1. The number of carbonyl (C=O) groups is 4. The van der Waals surface area contributed by atoms with Crippen LogP contribution in [0.25, 0.3) is 0 Å². The van der Waals surface area contributed by atoms with Crippen LogP contribution in [0.2, 0.25) is 0 Å². The zero-order valence-electron chi connectivity index (χ0n) is 12.5. The van der Waals surface area contributed by atoms with E-state index >= 15 is 0 Å². The molecule has 1 rings (SSSR count). The van der Waals surface area contributed by atoms with E-state index in [0.717, 1.165) is 0 Å². The van der Waals surface area contributed by atoms with Crippen molar-refractivity contribution in [1.82, 2.24) is 0 Å². The maximum absolute atomic E-state index is 11.7. The third-order valence-electron chi connectivity index (χ3n) is 2.74. The van der Waals surface area contributed by atoms with Crippen molar-refractivity contribution in [3.8, 4) is 0 Å². The Morgan fingerprint density at radius 1 is 0.917 bits per heavy atom. The highest BCUT2D eigenvalue weighted by Gasteiger charge is 2.25. The number of aliphatic carboxylic acids is 2. The molecule has 0 amide bonds. The van der Waals surface area contributed by atoms with Gasteiger partial charge in [0.25, 0.3) is 6.29 Å². The molecule has 130 valence electrons. The highest BCUT2D eigenvalue weighted by atomic mass is 16.7. The number of esters is 2. The Morgan fingerprint density at radius 2 is 1.50 bits per heavy atom. The first-order chi connectivity index (χ1) is 11.3. The number of carboxylic acid groups (broad SMARTS) is 2. The fourth-order valence-electron chi connectivity index (χ4n) is 1.57. The Hall–Kier alpha value is -2.94. The molecule has 0 spiro atoms. The second-order valence-electron chi connectivity index (χ2n) is 4.67. The molecule has 0 saturated carbocycles. The maximum atomic E-state index is 11.7. The summed E-state index contributed by atoms with van der Waals surface area (Å²) in [6.07, 6.45) is -5.12. The van der Waals surface area contributed by atoms with E-state index in [4.69, 9.17) is 24.8 Å². The molecule has 3 N–H and O–H groups in total. The monoisotopic (exact) mass is 340 g/mol. The van der Waals surface area contributed by atoms with Crippen molar-refractivity contribution in [3.05, 3.63) is 35.9 Å². The van der Waals surface area contributed by atoms with E-state index in [1.54, 1.807) is 18.2 Å². The van der Waals surface area contributed by atoms with Crippen LogP contribution in [0, 0.1) is 0 Å². The van der Waals surface area contributed by atoms with Crippen LogP contribution < -0.4 is 0 Å². The van der Waals surface area contributed by atoms with Gasteiger partial charge in [-0.3, -0.25) is 14.4 Å². The molecule has 0 fully saturated rings. The van der Waals surface area contributed by atoms with Crippen LogP contribution >= 0.6 is 0 Å². The second-order valence-corrected chi connectivity index (χ2v) is 4.67. The molecule has 0 aliphatic heterocycles. The van der Waals surface area contributed by atoms with E-state index in [1.165, 1.54) is 12.1 Å². The summed E-state index contributed by atoms with van der Waals surface area (Å²) in [4.78, 5) is 44.2. The van der Waals surface area contributed by atoms with Crippen molar-refractivity contribution in [2.45, 2.75) is 31.7 Å². The molecule has 0 heterocycles. The second kappa shape index (κ2) is 9.26. The molecule has 24 heavy (non-hydrogen) atoms. The molecule has 2 atom stereocenters. The van der Waals surface area contributed by atoms with Crippen molar-refractivity contribution in [2.75, 3.05) is 0 Å². The molecule has 0 aromatic heterocycles. The topological polar surface area (TPSA) is 147 Å². The minimum Gasteiger partial charge on any atom is -0.481 e. The minimum absolute atomic E-state index is 0.291. The Bertz CT molecular complexity index is 596. The highest BCUT2D eigenvalue weighted by Crippen LogP contribution is 2.21. The highest BCUT2D eigenvalue weighted by molar-refractivity contribution is 5.80. The molecule has 0 unspecified atom stereocenters. The standard InChI is InChI=1S/C15H16O9/c16-10(14(21)22)8-13(20)24-15(9-4-2-1-3-5-9)23-12(19)7-6-11(17)18/h1-5,10,15-16H,6-8H2,(H,17,18)(H,21,22)/t10-,15-/m1/s1. The lowest BCUT2D eigenvalue weighted by atomic mass is 10.2. The van der Waals surface area contributed by atoms with Gasteiger partial charge in [0.15, 0.2) is 6.10 Å². The molecular formula is C15H16O9. The summed E-state index contributed by atoms with van der Waals surface area (Å²) in [7, 11) is 0. The van der Waals surface area contributed by atoms with E-state index in [0.29, 0.717) is 5.56 Å². The first-order valence-electron chi connectivity index (χ1n) is 6.86. The third-order valence-corrected chi connectivity index (χ3v) is 2.74. The Balaban J connectivity index is 2.75. The number of hydrogen-bond acceptors (Lipinski definition) is 7. The number of aliphatic hydroxyl groups excluding tert-OH is 1. The van der Waals surface area contributed by atoms with E-state index < -0.39 is 55.5 Å². The lowest BCUT2D eigenvalue weighted by Gasteiger charge is -2.19. The normalized spacial score (nSPS) is 12.7. The number of hydrogen-bond donors (Lipinski definition) is 3. The average Bonchev–Trinajstić information content (AvgIpc) is 2.53. The predicted octanol–water partition coefficient (Wildman–Crippen LogP) is 0.472. The van der Waals surface area contributed by atoms with E-state index in [2.05, 4.69) is 0 Å². The number of ether oxygens (including phenoxy) is 2. The van der Waals surface area contributed by atoms with E-state index in [9.17, 15) is 19.2 Å². The van der Waals surface area contributed by atoms with Gasteiger partial charge in [-0.15, -0.1) is 0 Å². The molecule has 0 aliphatic rings. The Labute approximate surface area is 136 Å². The molecule has 0 bridgehead atoms. The van der Waals surface area contributed by atoms with Crippen LogP contribution in [0.3, 0.4) is 0 Å². The predicted molar refractivity (Wildman–Crippen MR) is 76.5 cm³/mol. The van der Waals surface area contributed by atoms with Crippen molar-refractivity contribution < 1.29 is 44.0 Å². The third kappa shape index (κ3) is 6.88.